The molecule has 0 aliphatic carbocycles. The number of ketones is 1. The van der Waals surface area contributed by atoms with Crippen molar-refractivity contribution in [2.75, 3.05) is 0 Å². The summed E-state index contributed by atoms with van der Waals surface area (Å²) >= 11 is 0. The van der Waals surface area contributed by atoms with E-state index in [0.29, 0.717) is 0 Å². The van der Waals surface area contributed by atoms with Crippen LogP contribution in [0.2, 0.25) is 0 Å². The number of alkyl halides is 6. The third-order valence-corrected chi connectivity index (χ3v) is 2.21. The second-order valence-electron chi connectivity index (χ2n) is 3.96. The summed E-state index contributed by atoms with van der Waals surface area (Å²) in [5.74, 6) is -8.46. The van der Waals surface area contributed by atoms with Gasteiger partial charge in [0.2, 0.25) is 0 Å². The topological polar surface area (TPSA) is 69.7 Å². The molecule has 0 saturated heterocycles. The quantitative estimate of drug-likeness (QED) is 0.365. The Balaban J connectivity index is 3.25. The van der Waals surface area contributed by atoms with Gasteiger partial charge in [0.1, 0.15) is 17.1 Å². The van der Waals surface area contributed by atoms with Gasteiger partial charge >= 0.3 is 24.3 Å². The number of hydrogen-bond acceptors (Lipinski definition) is 5. The minimum Gasteiger partial charge on any atom is -0.419 e. The zero-order valence-electron chi connectivity index (χ0n) is 11.0. The van der Waals surface area contributed by atoms with Gasteiger partial charge in [0.25, 0.3) is 0 Å². The fourth-order valence-electron chi connectivity index (χ4n) is 1.34. The van der Waals surface area contributed by atoms with Crippen molar-refractivity contribution >= 4 is 17.7 Å². The molecule has 1 aromatic rings. The first-order chi connectivity index (χ1) is 10.3. The summed E-state index contributed by atoms with van der Waals surface area (Å²) in [4.78, 5) is 32.9. The molecule has 0 saturated carbocycles. The van der Waals surface area contributed by atoms with E-state index in [2.05, 4.69) is 9.47 Å². The van der Waals surface area contributed by atoms with Crippen LogP contribution in [0.25, 0.3) is 0 Å². The van der Waals surface area contributed by atoms with Crippen LogP contribution in [0.3, 0.4) is 0 Å². The Kier molecular flexibility index (Phi) is 5.03. The van der Waals surface area contributed by atoms with E-state index in [4.69, 9.17) is 0 Å². The first-order valence-electron chi connectivity index (χ1n) is 5.56. The molecule has 1 aromatic carbocycles. The second kappa shape index (κ2) is 6.26. The fourth-order valence-corrected chi connectivity index (χ4v) is 1.34. The van der Waals surface area contributed by atoms with Gasteiger partial charge in [-0.25, -0.2) is 9.59 Å². The highest BCUT2D eigenvalue weighted by molar-refractivity contribution is 6.01. The van der Waals surface area contributed by atoms with Crippen molar-refractivity contribution in [3.63, 3.8) is 0 Å². The van der Waals surface area contributed by atoms with Gasteiger partial charge in [-0.1, -0.05) is 6.07 Å². The lowest BCUT2D eigenvalue weighted by Crippen LogP contribution is -2.30. The van der Waals surface area contributed by atoms with Crippen molar-refractivity contribution in [3.8, 4) is 11.5 Å². The Hall–Kier alpha value is -2.59. The maximum Gasteiger partial charge on any atom is 0.491 e. The Morgan fingerprint density at radius 1 is 0.826 bits per heavy atom. The van der Waals surface area contributed by atoms with Crippen molar-refractivity contribution in [1.29, 1.82) is 0 Å². The average Bonchev–Trinajstić information content (AvgIpc) is 2.36. The standard InChI is InChI=1S/C12H6F6O5/c1-5(19)8-6(22-9(20)11(13,14)15)3-2-4-7(8)23-10(21)12(16,17)18/h2-4H,1H3. The number of esters is 2. The summed E-state index contributed by atoms with van der Waals surface area (Å²) in [6, 6.07) is 2.29. The third-order valence-electron chi connectivity index (χ3n) is 2.21. The van der Waals surface area contributed by atoms with Gasteiger partial charge in [-0.05, 0) is 19.1 Å². The zero-order valence-corrected chi connectivity index (χ0v) is 11.0. The zero-order chi connectivity index (χ0) is 18.0. The van der Waals surface area contributed by atoms with E-state index in [-0.39, 0.29) is 0 Å². The van der Waals surface area contributed by atoms with Gasteiger partial charge < -0.3 is 9.47 Å². The van der Waals surface area contributed by atoms with Gasteiger partial charge in [0.15, 0.2) is 5.78 Å². The maximum absolute atomic E-state index is 12.1. The van der Waals surface area contributed by atoms with Crippen LogP contribution in [0.1, 0.15) is 17.3 Å². The second-order valence-corrected chi connectivity index (χ2v) is 3.96. The highest BCUT2D eigenvalue weighted by Crippen LogP contribution is 2.32. The molecule has 0 fully saturated rings. The molecule has 0 spiro atoms. The predicted octanol–water partition coefficient (Wildman–Crippen LogP) is 2.82. The van der Waals surface area contributed by atoms with Crippen LogP contribution < -0.4 is 9.47 Å². The van der Waals surface area contributed by atoms with Gasteiger partial charge in [0, 0.05) is 0 Å². The smallest absolute Gasteiger partial charge is 0.419 e. The van der Waals surface area contributed by atoms with E-state index in [0.717, 1.165) is 25.1 Å². The number of halogens is 6. The molecule has 23 heavy (non-hydrogen) atoms. The number of carbonyl (C=O) groups is 3. The van der Waals surface area contributed by atoms with E-state index in [1.165, 1.54) is 0 Å². The molecule has 0 aromatic heterocycles. The SMILES string of the molecule is CC(=O)c1c(OC(=O)C(F)(F)F)cccc1OC(=O)C(F)(F)F. The molecule has 0 N–H and O–H groups in total. The number of benzene rings is 1. The molecule has 0 radical (unpaired) electrons. The lowest BCUT2D eigenvalue weighted by molar-refractivity contribution is -0.190. The molecule has 0 heterocycles. The molecule has 0 aliphatic heterocycles. The average molecular weight is 344 g/mol. The monoisotopic (exact) mass is 344 g/mol. The molecule has 11 heteroatoms. The molecule has 126 valence electrons. The van der Waals surface area contributed by atoms with Crippen LogP contribution in [0.4, 0.5) is 26.3 Å². The van der Waals surface area contributed by atoms with E-state index < -0.39 is 47.1 Å². The summed E-state index contributed by atoms with van der Waals surface area (Å²) in [6.07, 6.45) is -10.8. The Labute approximate surface area is 123 Å². The summed E-state index contributed by atoms with van der Waals surface area (Å²) in [5.41, 5.74) is -0.914. The predicted molar refractivity (Wildman–Crippen MR) is 59.8 cm³/mol. The highest BCUT2D eigenvalue weighted by Gasteiger charge is 2.43. The molecule has 1 rings (SSSR count). The molecule has 0 amide bonds. The Morgan fingerprint density at radius 3 is 1.43 bits per heavy atom. The summed E-state index contributed by atoms with van der Waals surface area (Å²) in [7, 11) is 0. The van der Waals surface area contributed by atoms with Crippen molar-refractivity contribution in [3.05, 3.63) is 23.8 Å². The molecule has 0 aliphatic rings. The third kappa shape index (κ3) is 4.69. The summed E-state index contributed by atoms with van der Waals surface area (Å²) in [6.45, 7) is 0.769. The summed E-state index contributed by atoms with van der Waals surface area (Å²) in [5, 5.41) is 0. The summed E-state index contributed by atoms with van der Waals surface area (Å²) < 4.78 is 80.7. The van der Waals surface area contributed by atoms with Crippen molar-refractivity contribution in [1.82, 2.24) is 0 Å². The first kappa shape index (κ1) is 18.5. The number of rotatable bonds is 3. The molecular weight excluding hydrogens is 338 g/mol. The van der Waals surface area contributed by atoms with Gasteiger partial charge in [-0.2, -0.15) is 26.3 Å². The van der Waals surface area contributed by atoms with Crippen molar-refractivity contribution in [2.24, 2.45) is 0 Å². The van der Waals surface area contributed by atoms with E-state index >= 15 is 0 Å². The van der Waals surface area contributed by atoms with Crippen molar-refractivity contribution < 1.29 is 50.2 Å². The molecule has 5 nitrogen and oxygen atoms in total. The number of Topliss-reactive ketones (excluding diaryl/α,β-unsaturated/α-hetero) is 1. The van der Waals surface area contributed by atoms with E-state index in [9.17, 15) is 40.7 Å². The van der Waals surface area contributed by atoms with Gasteiger partial charge in [-0.3, -0.25) is 4.79 Å². The van der Waals surface area contributed by atoms with Crippen LogP contribution in [0.15, 0.2) is 18.2 Å². The lowest BCUT2D eigenvalue weighted by Gasteiger charge is -2.14. The Bertz CT molecular complexity index is 600. The van der Waals surface area contributed by atoms with Crippen molar-refractivity contribution in [2.45, 2.75) is 19.3 Å². The number of hydrogen-bond donors (Lipinski definition) is 0. The molecule has 0 unspecified atom stereocenters. The largest absolute Gasteiger partial charge is 0.491 e. The minimum atomic E-state index is -5.40. The number of ether oxygens (including phenoxy) is 2. The lowest BCUT2D eigenvalue weighted by atomic mass is 10.1. The van der Waals surface area contributed by atoms with E-state index in [1.54, 1.807) is 0 Å². The van der Waals surface area contributed by atoms with Crippen LogP contribution in [-0.2, 0) is 9.59 Å². The molecule has 0 bridgehead atoms. The Morgan fingerprint density at radius 2 is 1.17 bits per heavy atom. The molecular formula is C12H6F6O5. The first-order valence-corrected chi connectivity index (χ1v) is 5.56. The van der Waals surface area contributed by atoms with Gasteiger partial charge in [-0.15, -0.1) is 0 Å². The van der Waals surface area contributed by atoms with Gasteiger partial charge in [0.05, 0.1) is 0 Å². The van der Waals surface area contributed by atoms with Crippen LogP contribution in [-0.4, -0.2) is 30.1 Å². The van der Waals surface area contributed by atoms with E-state index in [1.807, 2.05) is 0 Å². The normalized spacial score (nSPS) is 11.8. The highest BCUT2D eigenvalue weighted by atomic mass is 19.4. The fraction of sp³-hybridized carbons (Fsp3) is 0.250. The number of carbonyl (C=O) groups excluding carboxylic acids is 3. The van der Waals surface area contributed by atoms with Crippen LogP contribution in [0, 0.1) is 0 Å². The molecule has 0 atom stereocenters. The van der Waals surface area contributed by atoms with Crippen LogP contribution >= 0.6 is 0 Å². The maximum atomic E-state index is 12.1. The minimum absolute atomic E-state index is 0.727. The van der Waals surface area contributed by atoms with Crippen LogP contribution in [0.5, 0.6) is 11.5 Å².